The van der Waals surface area contributed by atoms with Gasteiger partial charge in [-0.05, 0) is 43.7 Å². The van der Waals surface area contributed by atoms with E-state index in [0.717, 1.165) is 17.7 Å². The molecule has 0 unspecified atom stereocenters. The van der Waals surface area contributed by atoms with Gasteiger partial charge in [0.05, 0.1) is 16.4 Å². The molecule has 3 N–H and O–H groups in total. The minimum Gasteiger partial charge on any atom is -0.352 e. The first-order chi connectivity index (χ1) is 13.0. The van der Waals surface area contributed by atoms with Gasteiger partial charge in [-0.15, -0.1) is 0 Å². The number of pyridine rings is 1. The van der Waals surface area contributed by atoms with Crippen LogP contribution in [-0.4, -0.2) is 21.0 Å². The second-order valence-electron chi connectivity index (χ2n) is 6.03. The van der Waals surface area contributed by atoms with Gasteiger partial charge in [0.15, 0.2) is 5.82 Å². The first kappa shape index (κ1) is 19.2. The van der Waals surface area contributed by atoms with Crippen molar-refractivity contribution in [3.05, 3.63) is 58.8 Å². The summed E-state index contributed by atoms with van der Waals surface area (Å²) < 4.78 is 0. The number of aromatic nitrogens is 3. The van der Waals surface area contributed by atoms with Gasteiger partial charge in [0, 0.05) is 35.1 Å². The third kappa shape index (κ3) is 5.21. The molecular formula is C19H20Cl2N6. The number of nitrogens with one attached hydrogen (secondary N) is 3. The number of anilines is 3. The normalized spacial score (nSPS) is 11.7. The summed E-state index contributed by atoms with van der Waals surface area (Å²) in [5, 5.41) is 4.39. The standard InChI is InChI=1S/C19H20Cl2N6/c1-3-12(2)23-19-24-17(13-5-4-8-22-11-13)10-18(25-19)27-26-16-7-6-14(20)9-15(16)21/h4-12,26H,3H2,1-2H3,(H2,23,24,25,27)/t12-/m1/s1. The lowest BCUT2D eigenvalue weighted by atomic mass is 10.2. The third-order valence-electron chi connectivity index (χ3n) is 3.93. The summed E-state index contributed by atoms with van der Waals surface area (Å²) in [7, 11) is 0. The molecule has 6 nitrogen and oxygen atoms in total. The summed E-state index contributed by atoms with van der Waals surface area (Å²) in [5.74, 6) is 1.14. The fraction of sp³-hybridized carbons (Fsp3) is 0.211. The van der Waals surface area contributed by atoms with E-state index in [-0.39, 0.29) is 6.04 Å². The highest BCUT2D eigenvalue weighted by Crippen LogP contribution is 2.26. The van der Waals surface area contributed by atoms with Crippen LogP contribution in [0.15, 0.2) is 48.8 Å². The van der Waals surface area contributed by atoms with E-state index in [2.05, 4.69) is 45.0 Å². The van der Waals surface area contributed by atoms with Crippen LogP contribution in [0.1, 0.15) is 20.3 Å². The lowest BCUT2D eigenvalue weighted by Gasteiger charge is -2.15. The summed E-state index contributed by atoms with van der Waals surface area (Å²) in [5.41, 5.74) is 8.49. The van der Waals surface area contributed by atoms with Crippen LogP contribution in [0.4, 0.5) is 17.5 Å². The van der Waals surface area contributed by atoms with Gasteiger partial charge >= 0.3 is 0 Å². The van der Waals surface area contributed by atoms with E-state index in [1.54, 1.807) is 30.6 Å². The molecule has 0 saturated heterocycles. The molecular weight excluding hydrogens is 383 g/mol. The van der Waals surface area contributed by atoms with Crippen LogP contribution in [0.25, 0.3) is 11.3 Å². The molecule has 0 aliphatic rings. The van der Waals surface area contributed by atoms with Gasteiger partial charge in [-0.3, -0.25) is 15.8 Å². The van der Waals surface area contributed by atoms with E-state index in [4.69, 9.17) is 23.2 Å². The summed E-state index contributed by atoms with van der Waals surface area (Å²) in [6.45, 7) is 4.19. The Morgan fingerprint density at radius 1 is 1.07 bits per heavy atom. The van der Waals surface area contributed by atoms with Crippen molar-refractivity contribution in [3.63, 3.8) is 0 Å². The average molecular weight is 403 g/mol. The van der Waals surface area contributed by atoms with Crippen LogP contribution < -0.4 is 16.2 Å². The van der Waals surface area contributed by atoms with Gasteiger partial charge in [-0.25, -0.2) is 4.98 Å². The number of hydrogen-bond donors (Lipinski definition) is 3. The molecule has 8 heteroatoms. The van der Waals surface area contributed by atoms with E-state index in [1.165, 1.54) is 0 Å². The highest BCUT2D eigenvalue weighted by atomic mass is 35.5. The number of rotatable bonds is 7. The molecule has 27 heavy (non-hydrogen) atoms. The number of benzene rings is 1. The van der Waals surface area contributed by atoms with Crippen molar-refractivity contribution in [2.24, 2.45) is 0 Å². The molecule has 3 aromatic rings. The Morgan fingerprint density at radius 3 is 2.63 bits per heavy atom. The number of halogens is 2. The predicted molar refractivity (Wildman–Crippen MR) is 112 cm³/mol. The quantitative estimate of drug-likeness (QED) is 0.453. The van der Waals surface area contributed by atoms with Gasteiger partial charge in [0.2, 0.25) is 5.95 Å². The van der Waals surface area contributed by atoms with E-state index in [9.17, 15) is 0 Å². The van der Waals surface area contributed by atoms with Gasteiger partial charge in [0.1, 0.15) is 0 Å². The lowest BCUT2D eigenvalue weighted by molar-refractivity contribution is 0.753. The Kier molecular flexibility index (Phi) is 6.32. The topological polar surface area (TPSA) is 74.8 Å². The van der Waals surface area contributed by atoms with Crippen LogP contribution >= 0.6 is 23.2 Å². The number of hydrazine groups is 1. The molecule has 0 bridgehead atoms. The molecule has 1 atom stereocenters. The smallest absolute Gasteiger partial charge is 0.225 e. The Bertz CT molecular complexity index is 904. The van der Waals surface area contributed by atoms with Gasteiger partial charge in [-0.2, -0.15) is 4.98 Å². The molecule has 140 valence electrons. The Labute approximate surface area is 168 Å². The van der Waals surface area contributed by atoms with Crippen molar-refractivity contribution in [1.82, 2.24) is 15.0 Å². The predicted octanol–water partition coefficient (Wildman–Crippen LogP) is 5.49. The van der Waals surface area contributed by atoms with E-state index >= 15 is 0 Å². The average Bonchev–Trinajstić information content (AvgIpc) is 2.67. The summed E-state index contributed by atoms with van der Waals surface area (Å²) in [6, 6.07) is 11.1. The molecule has 3 rings (SSSR count). The SMILES string of the molecule is CC[C@@H](C)Nc1nc(NNc2ccc(Cl)cc2Cl)cc(-c2cccnc2)n1. The van der Waals surface area contributed by atoms with Crippen molar-refractivity contribution >= 4 is 40.7 Å². The van der Waals surface area contributed by atoms with Crippen LogP contribution in [0.2, 0.25) is 10.0 Å². The summed E-state index contributed by atoms with van der Waals surface area (Å²) >= 11 is 12.1. The number of hydrogen-bond acceptors (Lipinski definition) is 6. The zero-order chi connectivity index (χ0) is 19.2. The van der Waals surface area contributed by atoms with E-state index in [0.29, 0.717) is 27.5 Å². The van der Waals surface area contributed by atoms with Crippen LogP contribution in [-0.2, 0) is 0 Å². The molecule has 0 saturated carbocycles. The minimum atomic E-state index is 0.251. The van der Waals surface area contributed by atoms with Crippen molar-refractivity contribution in [3.8, 4) is 11.3 Å². The second-order valence-corrected chi connectivity index (χ2v) is 6.88. The fourth-order valence-electron chi connectivity index (χ4n) is 2.28. The molecule has 1 aromatic carbocycles. The zero-order valence-electron chi connectivity index (χ0n) is 15.0. The van der Waals surface area contributed by atoms with Gasteiger partial charge in [0.25, 0.3) is 0 Å². The van der Waals surface area contributed by atoms with E-state index < -0.39 is 0 Å². The van der Waals surface area contributed by atoms with Gasteiger partial charge < -0.3 is 5.32 Å². The maximum atomic E-state index is 6.20. The number of nitrogens with zero attached hydrogens (tertiary/aromatic N) is 3. The molecule has 0 amide bonds. The Hall–Kier alpha value is -2.57. The first-order valence-electron chi connectivity index (χ1n) is 8.58. The molecule has 0 spiro atoms. The third-order valence-corrected chi connectivity index (χ3v) is 4.48. The monoisotopic (exact) mass is 402 g/mol. The van der Waals surface area contributed by atoms with Crippen LogP contribution in [0.3, 0.4) is 0 Å². The van der Waals surface area contributed by atoms with Crippen LogP contribution in [0.5, 0.6) is 0 Å². The first-order valence-corrected chi connectivity index (χ1v) is 9.34. The molecule has 0 radical (unpaired) electrons. The molecule has 0 fully saturated rings. The highest BCUT2D eigenvalue weighted by Gasteiger charge is 2.09. The Balaban J connectivity index is 1.87. The molecule has 2 heterocycles. The molecule has 0 aliphatic carbocycles. The molecule has 2 aromatic heterocycles. The Morgan fingerprint density at radius 2 is 1.93 bits per heavy atom. The second kappa shape index (κ2) is 8.88. The lowest BCUT2D eigenvalue weighted by Crippen LogP contribution is -2.17. The van der Waals surface area contributed by atoms with Crippen molar-refractivity contribution in [1.29, 1.82) is 0 Å². The fourth-order valence-corrected chi connectivity index (χ4v) is 2.74. The van der Waals surface area contributed by atoms with Gasteiger partial charge in [-0.1, -0.05) is 30.1 Å². The highest BCUT2D eigenvalue weighted by molar-refractivity contribution is 6.36. The maximum Gasteiger partial charge on any atom is 0.225 e. The van der Waals surface area contributed by atoms with Crippen molar-refractivity contribution < 1.29 is 0 Å². The van der Waals surface area contributed by atoms with Crippen molar-refractivity contribution in [2.75, 3.05) is 16.2 Å². The summed E-state index contributed by atoms with van der Waals surface area (Å²) in [4.78, 5) is 13.3. The maximum absolute atomic E-state index is 6.20. The zero-order valence-corrected chi connectivity index (χ0v) is 16.5. The van der Waals surface area contributed by atoms with Crippen LogP contribution in [0, 0.1) is 0 Å². The largest absolute Gasteiger partial charge is 0.352 e. The molecule has 0 aliphatic heterocycles. The van der Waals surface area contributed by atoms with Crippen molar-refractivity contribution in [2.45, 2.75) is 26.3 Å². The van der Waals surface area contributed by atoms with E-state index in [1.807, 2.05) is 18.2 Å². The minimum absolute atomic E-state index is 0.251. The summed E-state index contributed by atoms with van der Waals surface area (Å²) in [6.07, 6.45) is 4.46.